The lowest BCUT2D eigenvalue weighted by atomic mass is 10.2. The van der Waals surface area contributed by atoms with E-state index < -0.39 is 10.0 Å². The van der Waals surface area contributed by atoms with Crippen LogP contribution in [0.15, 0.2) is 71.8 Å². The van der Waals surface area contributed by atoms with Crippen LogP contribution in [0.25, 0.3) is 0 Å². The molecule has 0 spiro atoms. The second-order valence-corrected chi connectivity index (χ2v) is 8.86. The molecule has 3 aromatic rings. The Morgan fingerprint density at radius 1 is 1.00 bits per heavy atom. The zero-order valence-corrected chi connectivity index (χ0v) is 17.1. The van der Waals surface area contributed by atoms with Crippen LogP contribution in [-0.2, 0) is 10.0 Å². The third-order valence-electron chi connectivity index (χ3n) is 4.57. The minimum atomic E-state index is -3.69. The van der Waals surface area contributed by atoms with Crippen LogP contribution < -0.4 is 14.8 Å². The third-order valence-corrected chi connectivity index (χ3v) is 5.97. The van der Waals surface area contributed by atoms with E-state index in [1.54, 1.807) is 60.7 Å². The average Bonchev–Trinajstić information content (AvgIpc) is 3.54. The molecule has 1 amide bonds. The Hall–Kier alpha value is -3.39. The fraction of sp³-hybridized carbons (Fsp3) is 0.182. The van der Waals surface area contributed by atoms with Crippen LogP contribution in [0.3, 0.4) is 0 Å². The number of hydrogen-bond donors (Lipinski definition) is 2. The van der Waals surface area contributed by atoms with Gasteiger partial charge >= 0.3 is 0 Å². The summed E-state index contributed by atoms with van der Waals surface area (Å²) in [6, 6.07) is 16.8. The van der Waals surface area contributed by atoms with Crippen LogP contribution in [0.2, 0.25) is 0 Å². The third kappa shape index (κ3) is 4.96. The SMILES string of the molecule is Cc1ccc(S(=O)(=O)Nc2ccc(Oc3ccc(C(=O)NC4CC4)cc3)nc2)cc1. The van der Waals surface area contributed by atoms with Gasteiger partial charge in [0, 0.05) is 17.7 Å². The zero-order valence-electron chi connectivity index (χ0n) is 16.3. The van der Waals surface area contributed by atoms with Crippen LogP contribution in [-0.4, -0.2) is 25.4 Å². The van der Waals surface area contributed by atoms with Crippen LogP contribution in [0.1, 0.15) is 28.8 Å². The van der Waals surface area contributed by atoms with Crippen molar-refractivity contribution in [3.8, 4) is 11.6 Å². The molecule has 0 bridgehead atoms. The molecule has 2 N–H and O–H groups in total. The smallest absolute Gasteiger partial charge is 0.261 e. The lowest BCUT2D eigenvalue weighted by Crippen LogP contribution is -2.25. The molecule has 0 unspecified atom stereocenters. The van der Waals surface area contributed by atoms with Gasteiger partial charge in [-0.05, 0) is 62.2 Å². The molecular weight excluding hydrogens is 402 g/mol. The molecule has 1 aliphatic rings. The number of ether oxygens (including phenoxy) is 1. The van der Waals surface area contributed by atoms with Gasteiger partial charge in [0.2, 0.25) is 5.88 Å². The second kappa shape index (κ2) is 8.16. The highest BCUT2D eigenvalue weighted by molar-refractivity contribution is 7.92. The molecule has 1 saturated carbocycles. The van der Waals surface area contributed by atoms with E-state index in [0.717, 1.165) is 18.4 Å². The van der Waals surface area contributed by atoms with E-state index in [-0.39, 0.29) is 10.8 Å². The molecule has 154 valence electrons. The first-order chi connectivity index (χ1) is 14.4. The zero-order chi connectivity index (χ0) is 21.1. The van der Waals surface area contributed by atoms with Crippen LogP contribution >= 0.6 is 0 Å². The van der Waals surface area contributed by atoms with Crippen molar-refractivity contribution in [1.29, 1.82) is 0 Å². The van der Waals surface area contributed by atoms with E-state index in [2.05, 4.69) is 15.0 Å². The molecule has 0 atom stereocenters. The van der Waals surface area contributed by atoms with E-state index in [9.17, 15) is 13.2 Å². The summed E-state index contributed by atoms with van der Waals surface area (Å²) in [5.41, 5.74) is 1.88. The van der Waals surface area contributed by atoms with Crippen LogP contribution in [0, 0.1) is 6.92 Å². The first kappa shape index (κ1) is 19.9. The molecule has 1 aliphatic carbocycles. The molecular formula is C22H21N3O4S. The number of sulfonamides is 1. The summed E-state index contributed by atoms with van der Waals surface area (Å²) in [6.45, 7) is 1.89. The maximum Gasteiger partial charge on any atom is 0.261 e. The topological polar surface area (TPSA) is 97.4 Å². The Morgan fingerprint density at radius 2 is 1.70 bits per heavy atom. The van der Waals surface area contributed by atoms with Gasteiger partial charge in [0.1, 0.15) is 5.75 Å². The Bertz CT molecular complexity index is 1140. The number of anilines is 1. The molecule has 0 radical (unpaired) electrons. The molecule has 0 saturated heterocycles. The fourth-order valence-electron chi connectivity index (χ4n) is 2.72. The van der Waals surface area contributed by atoms with Crippen LogP contribution in [0.4, 0.5) is 5.69 Å². The van der Waals surface area contributed by atoms with Crippen molar-refractivity contribution in [2.24, 2.45) is 0 Å². The summed E-state index contributed by atoms with van der Waals surface area (Å²) in [7, 11) is -3.69. The predicted octanol–water partition coefficient (Wildman–Crippen LogP) is 3.88. The number of aromatic nitrogens is 1. The van der Waals surface area contributed by atoms with Crippen molar-refractivity contribution in [1.82, 2.24) is 10.3 Å². The Kier molecular flexibility index (Phi) is 5.41. The number of carbonyl (C=O) groups is 1. The number of nitrogens with zero attached hydrogens (tertiary/aromatic N) is 1. The van der Waals surface area contributed by atoms with Gasteiger partial charge in [0.15, 0.2) is 0 Å². The first-order valence-electron chi connectivity index (χ1n) is 9.53. The molecule has 1 aromatic heterocycles. The van der Waals surface area contributed by atoms with E-state index >= 15 is 0 Å². The highest BCUT2D eigenvalue weighted by atomic mass is 32.2. The van der Waals surface area contributed by atoms with Gasteiger partial charge in [-0.2, -0.15) is 0 Å². The van der Waals surface area contributed by atoms with Gasteiger partial charge in [0.25, 0.3) is 15.9 Å². The quantitative estimate of drug-likeness (QED) is 0.601. The van der Waals surface area contributed by atoms with E-state index in [0.29, 0.717) is 28.9 Å². The van der Waals surface area contributed by atoms with E-state index in [4.69, 9.17) is 4.74 Å². The highest BCUT2D eigenvalue weighted by Gasteiger charge is 2.23. The summed E-state index contributed by atoms with van der Waals surface area (Å²) >= 11 is 0. The molecule has 4 rings (SSSR count). The van der Waals surface area contributed by atoms with Gasteiger partial charge in [-0.25, -0.2) is 13.4 Å². The molecule has 0 aliphatic heterocycles. The summed E-state index contributed by atoms with van der Waals surface area (Å²) in [5.74, 6) is 0.745. The number of hydrogen-bond acceptors (Lipinski definition) is 5. The van der Waals surface area contributed by atoms with Crippen molar-refractivity contribution in [3.05, 3.63) is 78.0 Å². The Morgan fingerprint density at radius 3 is 2.30 bits per heavy atom. The minimum Gasteiger partial charge on any atom is -0.439 e. The minimum absolute atomic E-state index is 0.0904. The highest BCUT2D eigenvalue weighted by Crippen LogP contribution is 2.23. The number of pyridine rings is 1. The molecule has 7 nitrogen and oxygen atoms in total. The maximum atomic E-state index is 12.4. The monoisotopic (exact) mass is 423 g/mol. The van der Waals surface area contributed by atoms with Gasteiger partial charge in [-0.1, -0.05) is 17.7 Å². The van der Waals surface area contributed by atoms with Gasteiger partial charge in [0.05, 0.1) is 16.8 Å². The standard InChI is InChI=1S/C22H21N3O4S/c1-15-2-11-20(12-3-15)30(27,28)25-18-8-13-21(23-14-18)29-19-9-4-16(5-10-19)22(26)24-17-6-7-17/h2-5,8-14,17,25H,6-7H2,1H3,(H,24,26). The van der Waals surface area contributed by atoms with E-state index in [1.807, 2.05) is 6.92 Å². The van der Waals surface area contributed by atoms with Crippen molar-refractivity contribution < 1.29 is 17.9 Å². The normalized spacial score (nSPS) is 13.5. The second-order valence-electron chi connectivity index (χ2n) is 7.18. The van der Waals surface area contributed by atoms with Crippen molar-refractivity contribution in [3.63, 3.8) is 0 Å². The molecule has 1 heterocycles. The maximum absolute atomic E-state index is 12.4. The Labute approximate surface area is 175 Å². The number of aryl methyl sites for hydroxylation is 1. The number of amides is 1. The van der Waals surface area contributed by atoms with Crippen LogP contribution in [0.5, 0.6) is 11.6 Å². The Balaban J connectivity index is 1.38. The van der Waals surface area contributed by atoms with Gasteiger partial charge < -0.3 is 10.1 Å². The fourth-order valence-corrected chi connectivity index (χ4v) is 3.77. The van der Waals surface area contributed by atoms with Crippen molar-refractivity contribution in [2.45, 2.75) is 30.7 Å². The molecule has 2 aromatic carbocycles. The lowest BCUT2D eigenvalue weighted by molar-refractivity contribution is 0.0951. The molecule has 1 fully saturated rings. The molecule has 30 heavy (non-hydrogen) atoms. The number of rotatable bonds is 7. The average molecular weight is 423 g/mol. The lowest BCUT2D eigenvalue weighted by Gasteiger charge is -2.09. The van der Waals surface area contributed by atoms with Gasteiger partial charge in [-0.3, -0.25) is 9.52 Å². The molecule has 8 heteroatoms. The number of carbonyl (C=O) groups excluding carboxylic acids is 1. The van der Waals surface area contributed by atoms with Crippen molar-refractivity contribution >= 4 is 21.6 Å². The van der Waals surface area contributed by atoms with Crippen molar-refractivity contribution in [2.75, 3.05) is 4.72 Å². The first-order valence-corrected chi connectivity index (χ1v) is 11.0. The van der Waals surface area contributed by atoms with Gasteiger partial charge in [-0.15, -0.1) is 0 Å². The predicted molar refractivity (Wildman–Crippen MR) is 113 cm³/mol. The van der Waals surface area contributed by atoms with E-state index in [1.165, 1.54) is 6.20 Å². The summed E-state index contributed by atoms with van der Waals surface area (Å²) in [6.07, 6.45) is 3.46. The number of nitrogens with one attached hydrogen (secondary N) is 2. The summed E-state index contributed by atoms with van der Waals surface area (Å²) in [4.78, 5) is 16.3. The summed E-state index contributed by atoms with van der Waals surface area (Å²) < 4.78 is 33.1. The number of benzene rings is 2. The largest absolute Gasteiger partial charge is 0.439 e. The summed E-state index contributed by atoms with van der Waals surface area (Å²) in [5, 5.41) is 2.93.